The molecule has 1 heterocycles. The van der Waals surface area contributed by atoms with Crippen molar-refractivity contribution in [3.8, 4) is 0 Å². The van der Waals surface area contributed by atoms with Gasteiger partial charge in [-0.2, -0.15) is 0 Å². The number of aryl methyl sites for hydroxylation is 1. The van der Waals surface area contributed by atoms with Gasteiger partial charge < -0.3 is 9.88 Å². The van der Waals surface area contributed by atoms with E-state index in [1.165, 1.54) is 12.8 Å². The molecule has 4 heteroatoms. The van der Waals surface area contributed by atoms with Crippen LogP contribution in [0.2, 0.25) is 0 Å². The number of carbonyl (C=O) groups excluding carboxylic acids is 1. The molecule has 19 heavy (non-hydrogen) atoms. The third-order valence-electron chi connectivity index (χ3n) is 3.39. The van der Waals surface area contributed by atoms with Crippen LogP contribution in [-0.4, -0.2) is 10.5 Å². The van der Waals surface area contributed by atoms with Gasteiger partial charge in [-0.25, -0.2) is 0 Å². The van der Waals surface area contributed by atoms with Crippen molar-refractivity contribution in [3.63, 3.8) is 0 Å². The Morgan fingerprint density at radius 2 is 2.11 bits per heavy atom. The maximum atomic E-state index is 12.3. The quantitative estimate of drug-likeness (QED) is 0.906. The lowest BCUT2D eigenvalue weighted by Gasteiger charge is -2.11. The second-order valence-electron chi connectivity index (χ2n) is 4.92. The molecule has 1 N–H and O–H groups in total. The molecule has 0 atom stereocenters. The number of anilines is 1. The minimum absolute atomic E-state index is 0.0526. The smallest absolute Gasteiger partial charge is 0.272 e. The molecule has 98 valence electrons. The summed E-state index contributed by atoms with van der Waals surface area (Å²) in [6.07, 6.45) is 4.32. The van der Waals surface area contributed by atoms with E-state index in [1.807, 2.05) is 43.5 Å². The molecule has 2 aromatic rings. The third-order valence-corrected chi connectivity index (χ3v) is 4.44. The van der Waals surface area contributed by atoms with Crippen molar-refractivity contribution in [2.45, 2.75) is 25.8 Å². The molecule has 1 aliphatic carbocycles. The van der Waals surface area contributed by atoms with Crippen molar-refractivity contribution in [2.75, 3.05) is 5.32 Å². The van der Waals surface area contributed by atoms with Gasteiger partial charge in [-0.15, -0.1) is 0 Å². The van der Waals surface area contributed by atoms with E-state index in [2.05, 4.69) is 25.8 Å². The number of halogens is 1. The number of nitrogens with one attached hydrogen (secondary N) is 1. The number of rotatable bonds is 3. The predicted octanol–water partition coefficient (Wildman–Crippen LogP) is 4.15. The molecule has 0 spiro atoms. The second kappa shape index (κ2) is 4.85. The van der Waals surface area contributed by atoms with Crippen LogP contribution < -0.4 is 5.32 Å². The Hall–Kier alpha value is -1.55. The summed E-state index contributed by atoms with van der Waals surface area (Å²) in [6.45, 7) is 2.01. The zero-order chi connectivity index (χ0) is 13.4. The number of benzene rings is 1. The Morgan fingerprint density at radius 1 is 1.32 bits per heavy atom. The molecule has 1 saturated carbocycles. The van der Waals surface area contributed by atoms with Crippen LogP contribution in [0.1, 0.15) is 34.9 Å². The van der Waals surface area contributed by atoms with Crippen LogP contribution in [-0.2, 0) is 0 Å². The molecule has 1 fully saturated rings. The van der Waals surface area contributed by atoms with Gasteiger partial charge in [-0.05, 0) is 59.5 Å². The van der Waals surface area contributed by atoms with Gasteiger partial charge >= 0.3 is 0 Å². The van der Waals surface area contributed by atoms with Crippen LogP contribution >= 0.6 is 15.9 Å². The van der Waals surface area contributed by atoms with Gasteiger partial charge in [0, 0.05) is 16.7 Å². The third kappa shape index (κ3) is 2.45. The van der Waals surface area contributed by atoms with E-state index in [0.29, 0.717) is 6.04 Å². The molecule has 1 aromatic heterocycles. The summed E-state index contributed by atoms with van der Waals surface area (Å²) >= 11 is 3.51. The Morgan fingerprint density at radius 3 is 2.84 bits per heavy atom. The fourth-order valence-corrected chi connectivity index (χ4v) is 2.55. The number of carbonyl (C=O) groups is 1. The lowest BCUT2D eigenvalue weighted by Crippen LogP contribution is -2.16. The van der Waals surface area contributed by atoms with Gasteiger partial charge in [0.2, 0.25) is 0 Å². The summed E-state index contributed by atoms with van der Waals surface area (Å²) in [5.41, 5.74) is 2.65. The van der Waals surface area contributed by atoms with E-state index in [-0.39, 0.29) is 5.91 Å². The highest BCUT2D eigenvalue weighted by Crippen LogP contribution is 2.36. The first-order valence-electron chi connectivity index (χ1n) is 6.40. The first kappa shape index (κ1) is 12.5. The first-order chi connectivity index (χ1) is 9.16. The minimum atomic E-state index is -0.0526. The second-order valence-corrected chi connectivity index (χ2v) is 5.72. The molecule has 0 radical (unpaired) electrons. The van der Waals surface area contributed by atoms with Gasteiger partial charge in [0.05, 0.1) is 5.69 Å². The highest BCUT2D eigenvalue weighted by Gasteiger charge is 2.26. The van der Waals surface area contributed by atoms with E-state index in [9.17, 15) is 4.79 Å². The van der Waals surface area contributed by atoms with Crippen molar-refractivity contribution in [3.05, 3.63) is 52.3 Å². The van der Waals surface area contributed by atoms with Gasteiger partial charge in [0.1, 0.15) is 5.69 Å². The molecule has 1 amide bonds. The Bertz CT molecular complexity index is 629. The molecule has 3 rings (SSSR count). The largest absolute Gasteiger partial charge is 0.340 e. The van der Waals surface area contributed by atoms with E-state index >= 15 is 0 Å². The zero-order valence-electron chi connectivity index (χ0n) is 10.7. The predicted molar refractivity (Wildman–Crippen MR) is 79.5 cm³/mol. The van der Waals surface area contributed by atoms with Crippen LogP contribution in [0.4, 0.5) is 5.69 Å². The van der Waals surface area contributed by atoms with Gasteiger partial charge in [0.15, 0.2) is 0 Å². The maximum absolute atomic E-state index is 12.3. The lowest BCUT2D eigenvalue weighted by molar-refractivity contribution is 0.101. The van der Waals surface area contributed by atoms with Gasteiger partial charge in [0.25, 0.3) is 5.91 Å². The van der Waals surface area contributed by atoms with Crippen molar-refractivity contribution < 1.29 is 4.79 Å². The van der Waals surface area contributed by atoms with Crippen molar-refractivity contribution in [1.29, 1.82) is 0 Å². The van der Waals surface area contributed by atoms with Crippen molar-refractivity contribution >= 4 is 27.5 Å². The van der Waals surface area contributed by atoms with Gasteiger partial charge in [-0.1, -0.05) is 12.1 Å². The average Bonchev–Trinajstić information content (AvgIpc) is 3.12. The monoisotopic (exact) mass is 318 g/mol. The number of amides is 1. The van der Waals surface area contributed by atoms with Crippen LogP contribution in [0.5, 0.6) is 0 Å². The Labute approximate surface area is 120 Å². The van der Waals surface area contributed by atoms with Crippen LogP contribution in [0.15, 0.2) is 41.0 Å². The minimum Gasteiger partial charge on any atom is -0.340 e. The van der Waals surface area contributed by atoms with Crippen molar-refractivity contribution in [1.82, 2.24) is 4.57 Å². The maximum Gasteiger partial charge on any atom is 0.272 e. The Kier molecular flexibility index (Phi) is 3.19. The first-order valence-corrected chi connectivity index (χ1v) is 7.19. The average molecular weight is 319 g/mol. The fraction of sp³-hybridized carbons (Fsp3) is 0.267. The molecule has 0 aliphatic heterocycles. The SMILES string of the molecule is Cc1cccc(NC(=O)c2cccn2C2CC2)c1Br. The summed E-state index contributed by atoms with van der Waals surface area (Å²) in [5, 5.41) is 2.97. The lowest BCUT2D eigenvalue weighted by atomic mass is 10.2. The molecule has 0 saturated heterocycles. The van der Waals surface area contributed by atoms with Crippen molar-refractivity contribution in [2.24, 2.45) is 0 Å². The summed E-state index contributed by atoms with van der Waals surface area (Å²) in [4.78, 5) is 12.3. The number of nitrogens with zero attached hydrogens (tertiary/aromatic N) is 1. The number of aromatic nitrogens is 1. The number of hydrogen-bond donors (Lipinski definition) is 1. The summed E-state index contributed by atoms with van der Waals surface area (Å²) in [6, 6.07) is 10.2. The van der Waals surface area contributed by atoms with Gasteiger partial charge in [-0.3, -0.25) is 4.79 Å². The molecule has 0 unspecified atom stereocenters. The molecule has 1 aliphatic rings. The summed E-state index contributed by atoms with van der Waals surface area (Å²) in [5.74, 6) is -0.0526. The topological polar surface area (TPSA) is 34.0 Å². The van der Waals surface area contributed by atoms with Crippen LogP contribution in [0.25, 0.3) is 0 Å². The fourth-order valence-electron chi connectivity index (χ4n) is 2.19. The van der Waals surface area contributed by atoms with Crippen LogP contribution in [0.3, 0.4) is 0 Å². The number of hydrogen-bond acceptors (Lipinski definition) is 1. The van der Waals surface area contributed by atoms with E-state index in [4.69, 9.17) is 0 Å². The van der Waals surface area contributed by atoms with Crippen LogP contribution in [0, 0.1) is 6.92 Å². The molecular weight excluding hydrogens is 304 g/mol. The standard InChI is InChI=1S/C15H15BrN2O/c1-10-4-2-5-12(14(10)16)17-15(19)13-6-3-9-18(13)11-7-8-11/h2-6,9,11H,7-8H2,1H3,(H,17,19). The van der Waals surface area contributed by atoms with E-state index in [0.717, 1.165) is 21.4 Å². The molecule has 1 aromatic carbocycles. The highest BCUT2D eigenvalue weighted by atomic mass is 79.9. The summed E-state index contributed by atoms with van der Waals surface area (Å²) in [7, 11) is 0. The normalized spacial score (nSPS) is 14.4. The van der Waals surface area contributed by atoms with E-state index in [1.54, 1.807) is 0 Å². The molecular formula is C15H15BrN2O. The summed E-state index contributed by atoms with van der Waals surface area (Å²) < 4.78 is 3.01. The Balaban J connectivity index is 1.84. The molecule has 0 bridgehead atoms. The molecule has 3 nitrogen and oxygen atoms in total. The van der Waals surface area contributed by atoms with E-state index < -0.39 is 0 Å². The zero-order valence-corrected chi connectivity index (χ0v) is 12.3. The highest BCUT2D eigenvalue weighted by molar-refractivity contribution is 9.10.